The molecule has 66 valence electrons. The summed E-state index contributed by atoms with van der Waals surface area (Å²) >= 11 is 0. The number of aromatic amines is 1. The summed E-state index contributed by atoms with van der Waals surface area (Å²) in [5, 5.41) is 2.97. The van der Waals surface area contributed by atoms with Gasteiger partial charge in [-0.2, -0.15) is 0 Å². The van der Waals surface area contributed by atoms with Crippen molar-refractivity contribution in [3.63, 3.8) is 0 Å². The molecule has 0 saturated heterocycles. The molecule has 0 radical (unpaired) electrons. The van der Waals surface area contributed by atoms with Crippen molar-refractivity contribution < 1.29 is 4.79 Å². The highest BCUT2D eigenvalue weighted by Gasteiger charge is 2.26. The first kappa shape index (κ1) is 9.00. The van der Waals surface area contributed by atoms with Gasteiger partial charge in [0.15, 0.2) is 5.78 Å². The maximum Gasteiger partial charge on any atom is 0.183 e. The third-order valence-corrected chi connectivity index (χ3v) is 2.05. The van der Waals surface area contributed by atoms with Gasteiger partial charge in [0.25, 0.3) is 0 Å². The summed E-state index contributed by atoms with van der Waals surface area (Å²) in [6, 6.07) is 1.78. The Hall–Kier alpha value is -1.09. The molecule has 1 heterocycles. The number of hydrogen-bond donors (Lipinski definition) is 2. The quantitative estimate of drug-likeness (QED) is 0.662. The largest absolute Gasteiger partial charge is 0.367 e. The van der Waals surface area contributed by atoms with Gasteiger partial charge in [-0.25, -0.2) is 0 Å². The fourth-order valence-corrected chi connectivity index (χ4v) is 0.940. The number of rotatable bonds is 3. The van der Waals surface area contributed by atoms with Crippen LogP contribution < -0.4 is 5.32 Å². The number of H-pyrrole nitrogens is 1. The number of Topliss-reactive ketones (excluding diaryl/α,β-unsaturated/α-hetero) is 1. The lowest BCUT2D eigenvalue weighted by Crippen LogP contribution is -2.44. The molecule has 0 saturated carbocycles. The fraction of sp³-hybridized carbons (Fsp3) is 0.444. The van der Waals surface area contributed by atoms with Crippen molar-refractivity contribution in [2.45, 2.75) is 19.4 Å². The van der Waals surface area contributed by atoms with Crippen LogP contribution in [0.3, 0.4) is 0 Å². The van der Waals surface area contributed by atoms with Gasteiger partial charge in [0, 0.05) is 18.0 Å². The second-order valence-corrected chi connectivity index (χ2v) is 3.30. The van der Waals surface area contributed by atoms with Crippen LogP contribution in [0.5, 0.6) is 0 Å². The van der Waals surface area contributed by atoms with E-state index in [1.165, 1.54) is 0 Å². The molecular weight excluding hydrogens is 152 g/mol. The zero-order valence-corrected chi connectivity index (χ0v) is 7.64. The molecule has 0 aliphatic heterocycles. The molecule has 3 heteroatoms. The number of aromatic nitrogens is 1. The van der Waals surface area contributed by atoms with E-state index in [1.54, 1.807) is 25.5 Å². The molecule has 1 rings (SSSR count). The first-order valence-corrected chi connectivity index (χ1v) is 3.94. The number of hydrogen-bond acceptors (Lipinski definition) is 2. The minimum Gasteiger partial charge on any atom is -0.367 e. The van der Waals surface area contributed by atoms with E-state index >= 15 is 0 Å². The van der Waals surface area contributed by atoms with Crippen molar-refractivity contribution in [1.82, 2.24) is 10.3 Å². The minimum absolute atomic E-state index is 0.103. The molecule has 1 aromatic rings. The summed E-state index contributed by atoms with van der Waals surface area (Å²) in [4.78, 5) is 14.5. The minimum atomic E-state index is -0.484. The zero-order valence-electron chi connectivity index (χ0n) is 7.64. The van der Waals surface area contributed by atoms with Gasteiger partial charge >= 0.3 is 0 Å². The average Bonchev–Trinajstić information content (AvgIpc) is 2.55. The van der Waals surface area contributed by atoms with Crippen molar-refractivity contribution in [3.05, 3.63) is 24.0 Å². The predicted molar refractivity (Wildman–Crippen MR) is 48.3 cm³/mol. The second-order valence-electron chi connectivity index (χ2n) is 3.30. The van der Waals surface area contributed by atoms with E-state index in [9.17, 15) is 4.79 Å². The van der Waals surface area contributed by atoms with E-state index in [-0.39, 0.29) is 5.78 Å². The first-order chi connectivity index (χ1) is 5.58. The summed E-state index contributed by atoms with van der Waals surface area (Å²) in [5.41, 5.74) is 0.233. The van der Waals surface area contributed by atoms with E-state index in [0.29, 0.717) is 5.56 Å². The highest BCUT2D eigenvalue weighted by atomic mass is 16.1. The molecule has 12 heavy (non-hydrogen) atoms. The molecule has 0 spiro atoms. The van der Waals surface area contributed by atoms with Crippen LogP contribution in [-0.2, 0) is 0 Å². The van der Waals surface area contributed by atoms with Crippen LogP contribution in [0.2, 0.25) is 0 Å². The lowest BCUT2D eigenvalue weighted by Gasteiger charge is -2.21. The van der Waals surface area contributed by atoms with Gasteiger partial charge in [0.1, 0.15) is 0 Å². The first-order valence-electron chi connectivity index (χ1n) is 3.94. The van der Waals surface area contributed by atoms with Crippen LogP contribution in [0.1, 0.15) is 24.2 Å². The van der Waals surface area contributed by atoms with Crippen LogP contribution in [-0.4, -0.2) is 23.4 Å². The Morgan fingerprint density at radius 1 is 1.58 bits per heavy atom. The SMILES string of the molecule is CNC(C)(C)C(=O)c1cc[nH]c1. The Kier molecular flexibility index (Phi) is 2.33. The molecule has 0 aliphatic carbocycles. The predicted octanol–water partition coefficient (Wildman–Crippen LogP) is 1.20. The number of nitrogens with one attached hydrogen (secondary N) is 2. The van der Waals surface area contributed by atoms with Gasteiger partial charge in [-0.3, -0.25) is 4.79 Å². The summed E-state index contributed by atoms with van der Waals surface area (Å²) in [6.45, 7) is 3.73. The molecule has 2 N–H and O–H groups in total. The highest BCUT2D eigenvalue weighted by Crippen LogP contribution is 2.11. The van der Waals surface area contributed by atoms with Gasteiger partial charge in [-0.05, 0) is 27.0 Å². The van der Waals surface area contributed by atoms with Crippen LogP contribution in [0.15, 0.2) is 18.5 Å². The molecule has 1 aromatic heterocycles. The summed E-state index contributed by atoms with van der Waals surface area (Å²) in [5.74, 6) is 0.103. The Labute approximate surface area is 72.2 Å². The summed E-state index contributed by atoms with van der Waals surface area (Å²) in [7, 11) is 1.78. The molecular formula is C9H14N2O. The maximum absolute atomic E-state index is 11.7. The van der Waals surface area contributed by atoms with Crippen molar-refractivity contribution in [2.24, 2.45) is 0 Å². The standard InChI is InChI=1S/C9H14N2O/c1-9(2,10-3)8(12)7-4-5-11-6-7/h4-6,10-11H,1-3H3. The number of carbonyl (C=O) groups excluding carboxylic acids is 1. The van der Waals surface area contributed by atoms with E-state index < -0.39 is 5.54 Å². The molecule has 0 unspecified atom stereocenters. The lowest BCUT2D eigenvalue weighted by molar-refractivity contribution is 0.0890. The Balaban J connectivity index is 2.86. The number of carbonyl (C=O) groups is 1. The molecule has 0 atom stereocenters. The van der Waals surface area contributed by atoms with Crippen LogP contribution in [0.4, 0.5) is 0 Å². The summed E-state index contributed by atoms with van der Waals surface area (Å²) < 4.78 is 0. The van der Waals surface area contributed by atoms with E-state index in [0.717, 1.165) is 0 Å². The van der Waals surface area contributed by atoms with Gasteiger partial charge in [0.2, 0.25) is 0 Å². The highest BCUT2D eigenvalue weighted by molar-refractivity contribution is 6.02. The Morgan fingerprint density at radius 3 is 2.67 bits per heavy atom. The Morgan fingerprint density at radius 2 is 2.25 bits per heavy atom. The van der Waals surface area contributed by atoms with Crippen molar-refractivity contribution in [2.75, 3.05) is 7.05 Å². The van der Waals surface area contributed by atoms with Gasteiger partial charge in [-0.1, -0.05) is 0 Å². The van der Waals surface area contributed by atoms with E-state index in [1.807, 2.05) is 13.8 Å². The van der Waals surface area contributed by atoms with E-state index in [4.69, 9.17) is 0 Å². The van der Waals surface area contributed by atoms with Crippen LogP contribution in [0, 0.1) is 0 Å². The number of ketones is 1. The van der Waals surface area contributed by atoms with Gasteiger partial charge < -0.3 is 10.3 Å². The van der Waals surface area contributed by atoms with Gasteiger partial charge in [-0.15, -0.1) is 0 Å². The molecule has 3 nitrogen and oxygen atoms in total. The zero-order chi connectivity index (χ0) is 9.19. The topological polar surface area (TPSA) is 44.9 Å². The van der Waals surface area contributed by atoms with E-state index in [2.05, 4.69) is 10.3 Å². The molecule has 0 fully saturated rings. The smallest absolute Gasteiger partial charge is 0.183 e. The van der Waals surface area contributed by atoms with Crippen molar-refractivity contribution in [3.8, 4) is 0 Å². The molecule has 0 aliphatic rings. The van der Waals surface area contributed by atoms with Crippen molar-refractivity contribution >= 4 is 5.78 Å². The molecule has 0 amide bonds. The molecule has 0 bridgehead atoms. The second kappa shape index (κ2) is 3.11. The average molecular weight is 166 g/mol. The van der Waals surface area contributed by atoms with Crippen LogP contribution in [0.25, 0.3) is 0 Å². The van der Waals surface area contributed by atoms with Crippen molar-refractivity contribution in [1.29, 1.82) is 0 Å². The van der Waals surface area contributed by atoms with Gasteiger partial charge in [0.05, 0.1) is 5.54 Å². The van der Waals surface area contributed by atoms with Crippen LogP contribution >= 0.6 is 0 Å². The molecule has 0 aromatic carbocycles. The maximum atomic E-state index is 11.7. The fourth-order valence-electron chi connectivity index (χ4n) is 0.940. The Bertz CT molecular complexity index is 262. The summed E-state index contributed by atoms with van der Waals surface area (Å²) in [6.07, 6.45) is 3.46. The lowest BCUT2D eigenvalue weighted by atomic mass is 9.95. The third kappa shape index (κ3) is 1.56. The monoisotopic (exact) mass is 166 g/mol. The third-order valence-electron chi connectivity index (χ3n) is 2.05. The normalized spacial score (nSPS) is 11.6. The number of likely N-dealkylation sites (N-methyl/N-ethyl adjacent to an activating group) is 1.